The number of hydrogen-bond donors (Lipinski definition) is 1. The molecule has 2 rings (SSSR count). The van der Waals surface area contributed by atoms with Crippen molar-refractivity contribution >= 4 is 11.7 Å². The molecule has 1 atom stereocenters. The van der Waals surface area contributed by atoms with Crippen LogP contribution in [0.1, 0.15) is 30.8 Å². The molecule has 0 aromatic carbocycles. The second-order valence-corrected chi connectivity index (χ2v) is 4.81. The average molecular weight is 263 g/mol. The highest BCUT2D eigenvalue weighted by Gasteiger charge is 2.26. The maximum Gasteiger partial charge on any atom is 0.354 e. The number of rotatable bonds is 5. The molecule has 19 heavy (non-hydrogen) atoms. The number of hydrogen-bond acceptors (Lipinski definition) is 4. The zero-order chi connectivity index (χ0) is 13.8. The van der Waals surface area contributed by atoms with Gasteiger partial charge in [-0.25, -0.2) is 9.78 Å². The van der Waals surface area contributed by atoms with Gasteiger partial charge in [0.2, 0.25) is 0 Å². The lowest BCUT2D eigenvalue weighted by molar-refractivity contribution is 0.0690. The molecular weight excluding hydrogens is 242 g/mol. The molecule has 5 nitrogen and oxygen atoms in total. The summed E-state index contributed by atoms with van der Waals surface area (Å²) in [5.41, 5.74) is 1.07. The topological polar surface area (TPSA) is 56.7 Å². The van der Waals surface area contributed by atoms with Crippen molar-refractivity contribution in [1.29, 1.82) is 0 Å². The molecule has 1 aliphatic rings. The normalized spacial score (nSPS) is 19.1. The van der Waals surface area contributed by atoms with Crippen molar-refractivity contribution < 1.29 is 9.90 Å². The molecule has 0 spiro atoms. The van der Waals surface area contributed by atoms with Crippen molar-refractivity contribution in [3.8, 4) is 0 Å². The van der Waals surface area contributed by atoms with Crippen molar-refractivity contribution in [2.75, 3.05) is 31.1 Å². The van der Waals surface area contributed by atoms with E-state index in [4.69, 9.17) is 5.11 Å². The first-order chi connectivity index (χ1) is 9.15. The first kappa shape index (κ1) is 13.8. The molecular formula is C14H21N3O2. The largest absolute Gasteiger partial charge is 0.477 e. The van der Waals surface area contributed by atoms with Crippen molar-refractivity contribution in [3.63, 3.8) is 0 Å². The van der Waals surface area contributed by atoms with E-state index in [0.717, 1.165) is 38.3 Å². The van der Waals surface area contributed by atoms with Gasteiger partial charge in [-0.2, -0.15) is 0 Å². The number of nitrogens with zero attached hydrogens (tertiary/aromatic N) is 3. The van der Waals surface area contributed by atoms with Crippen LogP contribution in [-0.2, 0) is 0 Å². The highest BCUT2D eigenvalue weighted by atomic mass is 16.4. The number of carbonyl (C=O) groups is 1. The van der Waals surface area contributed by atoms with E-state index in [-0.39, 0.29) is 5.69 Å². The third-order valence-electron chi connectivity index (χ3n) is 3.82. The van der Waals surface area contributed by atoms with Gasteiger partial charge in [0.15, 0.2) is 0 Å². The zero-order valence-corrected chi connectivity index (χ0v) is 11.5. The van der Waals surface area contributed by atoms with Crippen LogP contribution in [0.15, 0.2) is 18.3 Å². The summed E-state index contributed by atoms with van der Waals surface area (Å²) in [6, 6.07) is 4.11. The fourth-order valence-corrected chi connectivity index (χ4v) is 2.75. The highest BCUT2D eigenvalue weighted by Crippen LogP contribution is 2.23. The van der Waals surface area contributed by atoms with E-state index in [0.29, 0.717) is 6.04 Å². The standard InChI is InChI=1S/C14H21N3O2/c1-3-16(4-2)12-6-8-17(10-12)11-5-7-15-13(9-11)14(18)19/h5,7,9,12H,3-4,6,8,10H2,1-2H3,(H,18,19). The van der Waals surface area contributed by atoms with Gasteiger partial charge >= 0.3 is 5.97 Å². The number of carboxylic acid groups (broad SMARTS) is 1. The van der Waals surface area contributed by atoms with E-state index in [1.165, 1.54) is 0 Å². The van der Waals surface area contributed by atoms with Gasteiger partial charge in [-0.3, -0.25) is 4.90 Å². The molecule has 104 valence electrons. The van der Waals surface area contributed by atoms with Gasteiger partial charge in [0.25, 0.3) is 0 Å². The van der Waals surface area contributed by atoms with Gasteiger partial charge in [0.1, 0.15) is 5.69 Å². The van der Waals surface area contributed by atoms with Gasteiger partial charge in [-0.15, -0.1) is 0 Å². The van der Waals surface area contributed by atoms with Crippen LogP contribution in [0.4, 0.5) is 5.69 Å². The minimum absolute atomic E-state index is 0.115. The lowest BCUT2D eigenvalue weighted by Gasteiger charge is -2.26. The first-order valence-corrected chi connectivity index (χ1v) is 6.84. The third kappa shape index (κ3) is 3.04. The number of pyridine rings is 1. The van der Waals surface area contributed by atoms with Crippen LogP contribution in [0, 0.1) is 0 Å². The van der Waals surface area contributed by atoms with Gasteiger partial charge in [-0.1, -0.05) is 13.8 Å². The molecule has 5 heteroatoms. The van der Waals surface area contributed by atoms with E-state index in [1.807, 2.05) is 6.07 Å². The van der Waals surface area contributed by atoms with E-state index in [9.17, 15) is 4.79 Å². The molecule has 1 N–H and O–H groups in total. The number of likely N-dealkylation sites (N-methyl/N-ethyl adjacent to an activating group) is 1. The highest BCUT2D eigenvalue weighted by molar-refractivity contribution is 5.86. The minimum Gasteiger partial charge on any atom is -0.477 e. The number of aromatic carboxylic acids is 1. The number of anilines is 1. The Labute approximate surface area is 113 Å². The lowest BCUT2D eigenvalue weighted by atomic mass is 10.2. The van der Waals surface area contributed by atoms with Crippen LogP contribution in [0.3, 0.4) is 0 Å². The molecule has 0 bridgehead atoms. The Balaban J connectivity index is 2.08. The van der Waals surface area contributed by atoms with Crippen molar-refractivity contribution in [2.24, 2.45) is 0 Å². The second-order valence-electron chi connectivity index (χ2n) is 4.81. The fraction of sp³-hybridized carbons (Fsp3) is 0.571. The van der Waals surface area contributed by atoms with Gasteiger partial charge in [-0.05, 0) is 31.6 Å². The maximum atomic E-state index is 10.9. The zero-order valence-electron chi connectivity index (χ0n) is 11.5. The molecule has 1 aliphatic heterocycles. The summed E-state index contributed by atoms with van der Waals surface area (Å²) < 4.78 is 0. The molecule has 1 aromatic heterocycles. The lowest BCUT2D eigenvalue weighted by Crippen LogP contribution is -2.37. The van der Waals surface area contributed by atoms with E-state index >= 15 is 0 Å². The monoisotopic (exact) mass is 263 g/mol. The predicted octanol–water partition coefficient (Wildman–Crippen LogP) is 1.70. The Morgan fingerprint density at radius 1 is 1.53 bits per heavy atom. The SMILES string of the molecule is CCN(CC)C1CCN(c2ccnc(C(=O)O)c2)C1. The minimum atomic E-state index is -0.971. The summed E-state index contributed by atoms with van der Waals surface area (Å²) in [5, 5.41) is 8.98. The molecule has 0 amide bonds. The van der Waals surface area contributed by atoms with Gasteiger partial charge in [0.05, 0.1) is 0 Å². The Morgan fingerprint density at radius 3 is 2.89 bits per heavy atom. The molecule has 0 saturated carbocycles. The van der Waals surface area contributed by atoms with Crippen LogP contribution in [0.25, 0.3) is 0 Å². The van der Waals surface area contributed by atoms with Gasteiger partial charge in [0, 0.05) is 31.0 Å². The van der Waals surface area contributed by atoms with Crippen LogP contribution in [0.5, 0.6) is 0 Å². The molecule has 1 unspecified atom stereocenters. The number of carboxylic acids is 1. The first-order valence-electron chi connectivity index (χ1n) is 6.84. The summed E-state index contributed by atoms with van der Waals surface area (Å²) in [7, 11) is 0. The van der Waals surface area contributed by atoms with E-state index < -0.39 is 5.97 Å². The third-order valence-corrected chi connectivity index (χ3v) is 3.82. The van der Waals surface area contributed by atoms with Crippen LogP contribution < -0.4 is 4.90 Å². The van der Waals surface area contributed by atoms with E-state index in [1.54, 1.807) is 12.3 Å². The summed E-state index contributed by atoms with van der Waals surface area (Å²) in [6.07, 6.45) is 2.70. The van der Waals surface area contributed by atoms with Crippen LogP contribution in [-0.4, -0.2) is 53.2 Å². The summed E-state index contributed by atoms with van der Waals surface area (Å²) in [5.74, 6) is -0.971. The Bertz CT molecular complexity index is 446. The number of aromatic nitrogens is 1. The second kappa shape index (κ2) is 6.02. The average Bonchev–Trinajstić information content (AvgIpc) is 2.90. The molecule has 0 radical (unpaired) electrons. The quantitative estimate of drug-likeness (QED) is 0.876. The predicted molar refractivity (Wildman–Crippen MR) is 74.7 cm³/mol. The van der Waals surface area contributed by atoms with Crippen molar-refractivity contribution in [3.05, 3.63) is 24.0 Å². The summed E-state index contributed by atoms with van der Waals surface area (Å²) in [6.45, 7) is 8.43. The Kier molecular flexibility index (Phi) is 4.37. The Hall–Kier alpha value is -1.62. The van der Waals surface area contributed by atoms with Crippen molar-refractivity contribution in [1.82, 2.24) is 9.88 Å². The molecule has 1 fully saturated rings. The van der Waals surface area contributed by atoms with Gasteiger partial charge < -0.3 is 10.0 Å². The van der Waals surface area contributed by atoms with Crippen molar-refractivity contribution in [2.45, 2.75) is 26.3 Å². The Morgan fingerprint density at radius 2 is 2.26 bits per heavy atom. The molecule has 1 saturated heterocycles. The fourth-order valence-electron chi connectivity index (χ4n) is 2.75. The maximum absolute atomic E-state index is 10.9. The van der Waals surface area contributed by atoms with Crippen LogP contribution >= 0.6 is 0 Å². The summed E-state index contributed by atoms with van der Waals surface area (Å²) >= 11 is 0. The molecule has 2 heterocycles. The molecule has 1 aromatic rings. The smallest absolute Gasteiger partial charge is 0.354 e. The van der Waals surface area contributed by atoms with E-state index in [2.05, 4.69) is 28.6 Å². The van der Waals surface area contributed by atoms with Crippen LogP contribution in [0.2, 0.25) is 0 Å². The molecule has 0 aliphatic carbocycles. The summed E-state index contributed by atoms with van der Waals surface area (Å²) in [4.78, 5) is 19.5.